The number of carbonyl (C=O) groups is 1. The Labute approximate surface area is 139 Å². The van der Waals surface area contributed by atoms with Crippen molar-refractivity contribution in [2.45, 2.75) is 39.0 Å². The average molecular weight is 368 g/mol. The summed E-state index contributed by atoms with van der Waals surface area (Å²) in [4.78, 5) is 18.0. The van der Waals surface area contributed by atoms with Gasteiger partial charge in [-0.1, -0.05) is 0 Å². The maximum Gasteiger partial charge on any atom is 0.410 e. The first-order valence-electron chi connectivity index (χ1n) is 7.64. The third-order valence-corrected chi connectivity index (χ3v) is 4.58. The number of hydrogen-bond donors (Lipinski definition) is 1. The minimum atomic E-state index is -0.421. The van der Waals surface area contributed by atoms with E-state index in [1.165, 1.54) is 5.56 Å². The second-order valence-electron chi connectivity index (χ2n) is 7.13. The maximum absolute atomic E-state index is 12.0. The fraction of sp³-hybridized carbons (Fsp3) is 0.625. The predicted molar refractivity (Wildman–Crippen MR) is 87.4 cm³/mol. The molecule has 2 unspecified atom stereocenters. The SMILES string of the molecule is CC(C)(C)OC(=O)N1CC2C(C1)C2NCc1cncc(Br)c1. The second kappa shape index (κ2) is 5.81. The number of nitrogens with one attached hydrogen (secondary N) is 1. The smallest absolute Gasteiger partial charge is 0.410 e. The summed E-state index contributed by atoms with van der Waals surface area (Å²) < 4.78 is 6.42. The molecule has 1 aliphatic carbocycles. The van der Waals surface area contributed by atoms with Crippen molar-refractivity contribution in [2.24, 2.45) is 11.8 Å². The molecule has 1 aliphatic heterocycles. The van der Waals surface area contributed by atoms with E-state index in [-0.39, 0.29) is 6.09 Å². The lowest BCUT2D eigenvalue weighted by molar-refractivity contribution is 0.0269. The molecule has 2 heterocycles. The van der Waals surface area contributed by atoms with E-state index in [1.807, 2.05) is 31.9 Å². The molecule has 1 saturated carbocycles. The van der Waals surface area contributed by atoms with Gasteiger partial charge in [0, 0.05) is 42.5 Å². The Kier molecular flexibility index (Phi) is 4.16. The normalized spacial score (nSPS) is 26.7. The Morgan fingerprint density at radius 1 is 1.41 bits per heavy atom. The van der Waals surface area contributed by atoms with E-state index in [1.54, 1.807) is 6.20 Å². The molecule has 2 fully saturated rings. The van der Waals surface area contributed by atoms with Crippen molar-refractivity contribution in [3.63, 3.8) is 0 Å². The molecule has 2 atom stereocenters. The second-order valence-corrected chi connectivity index (χ2v) is 8.05. The number of aromatic nitrogens is 1. The minimum Gasteiger partial charge on any atom is -0.444 e. The van der Waals surface area contributed by atoms with Crippen LogP contribution in [0, 0.1) is 11.8 Å². The molecule has 1 aromatic heterocycles. The van der Waals surface area contributed by atoms with Crippen molar-refractivity contribution in [1.29, 1.82) is 0 Å². The van der Waals surface area contributed by atoms with Crippen LogP contribution in [0.4, 0.5) is 4.79 Å². The molecule has 2 aliphatic rings. The molecule has 3 rings (SSSR count). The molecule has 0 bridgehead atoms. The Morgan fingerprint density at radius 3 is 2.68 bits per heavy atom. The van der Waals surface area contributed by atoms with Crippen molar-refractivity contribution >= 4 is 22.0 Å². The van der Waals surface area contributed by atoms with Gasteiger partial charge in [-0.3, -0.25) is 4.98 Å². The number of hydrogen-bond acceptors (Lipinski definition) is 4. The van der Waals surface area contributed by atoms with Crippen LogP contribution in [0.2, 0.25) is 0 Å². The first kappa shape index (κ1) is 15.7. The Balaban J connectivity index is 1.44. The van der Waals surface area contributed by atoms with Gasteiger partial charge in [0.15, 0.2) is 0 Å². The van der Waals surface area contributed by atoms with E-state index in [0.717, 1.165) is 24.1 Å². The quantitative estimate of drug-likeness (QED) is 0.892. The van der Waals surface area contributed by atoms with Gasteiger partial charge >= 0.3 is 6.09 Å². The van der Waals surface area contributed by atoms with Crippen LogP contribution in [0.25, 0.3) is 0 Å². The highest BCUT2D eigenvalue weighted by molar-refractivity contribution is 9.10. The van der Waals surface area contributed by atoms with E-state index in [2.05, 4.69) is 32.3 Å². The van der Waals surface area contributed by atoms with E-state index in [4.69, 9.17) is 4.74 Å². The zero-order valence-electron chi connectivity index (χ0n) is 13.2. The molecule has 0 aromatic carbocycles. The molecule has 1 saturated heterocycles. The van der Waals surface area contributed by atoms with Crippen LogP contribution in [-0.4, -0.2) is 40.7 Å². The molecular weight excluding hydrogens is 346 g/mol. The van der Waals surface area contributed by atoms with E-state index < -0.39 is 5.60 Å². The number of likely N-dealkylation sites (tertiary alicyclic amines) is 1. The zero-order valence-corrected chi connectivity index (χ0v) is 14.8. The molecule has 1 aromatic rings. The molecule has 1 N–H and O–H groups in total. The van der Waals surface area contributed by atoms with Crippen molar-refractivity contribution in [1.82, 2.24) is 15.2 Å². The van der Waals surface area contributed by atoms with Gasteiger partial charge in [-0.25, -0.2) is 4.79 Å². The topological polar surface area (TPSA) is 54.5 Å². The summed E-state index contributed by atoms with van der Waals surface area (Å²) in [6, 6.07) is 2.59. The molecule has 22 heavy (non-hydrogen) atoms. The van der Waals surface area contributed by atoms with Gasteiger partial charge in [0.05, 0.1) is 0 Å². The lowest BCUT2D eigenvalue weighted by atomic mass is 10.2. The van der Waals surface area contributed by atoms with Crippen LogP contribution in [0.3, 0.4) is 0 Å². The number of carbonyl (C=O) groups excluding carboxylic acids is 1. The van der Waals surface area contributed by atoms with Gasteiger partial charge in [0.25, 0.3) is 0 Å². The van der Waals surface area contributed by atoms with Crippen LogP contribution in [0.5, 0.6) is 0 Å². The van der Waals surface area contributed by atoms with E-state index in [0.29, 0.717) is 17.9 Å². The highest BCUT2D eigenvalue weighted by Gasteiger charge is 2.56. The summed E-state index contributed by atoms with van der Waals surface area (Å²) in [6.45, 7) is 8.12. The monoisotopic (exact) mass is 367 g/mol. The fourth-order valence-electron chi connectivity index (χ4n) is 3.09. The van der Waals surface area contributed by atoms with Crippen LogP contribution in [-0.2, 0) is 11.3 Å². The summed E-state index contributed by atoms with van der Waals surface area (Å²) in [6.07, 6.45) is 3.48. The predicted octanol–water partition coefficient (Wildman–Crippen LogP) is 2.80. The molecule has 5 nitrogen and oxygen atoms in total. The number of ether oxygens (including phenoxy) is 1. The number of fused-ring (bicyclic) bond motifs is 1. The minimum absolute atomic E-state index is 0.186. The maximum atomic E-state index is 12.0. The van der Waals surface area contributed by atoms with Crippen molar-refractivity contribution in [3.8, 4) is 0 Å². The first-order chi connectivity index (χ1) is 10.3. The van der Waals surface area contributed by atoms with Crippen LogP contribution >= 0.6 is 15.9 Å². The lowest BCUT2D eigenvalue weighted by Gasteiger charge is -2.26. The molecule has 6 heteroatoms. The fourth-order valence-corrected chi connectivity index (χ4v) is 3.51. The van der Waals surface area contributed by atoms with Crippen LogP contribution in [0.15, 0.2) is 22.9 Å². The van der Waals surface area contributed by atoms with Gasteiger partial charge in [-0.05, 0) is 60.2 Å². The summed E-state index contributed by atoms with van der Waals surface area (Å²) in [5.74, 6) is 1.13. The highest BCUT2D eigenvalue weighted by Crippen LogP contribution is 2.45. The number of pyridine rings is 1. The van der Waals surface area contributed by atoms with Crippen molar-refractivity contribution in [3.05, 3.63) is 28.5 Å². The third-order valence-electron chi connectivity index (χ3n) is 4.15. The molecule has 1 amide bonds. The third kappa shape index (κ3) is 3.60. The Morgan fingerprint density at radius 2 is 2.09 bits per heavy atom. The van der Waals surface area contributed by atoms with E-state index >= 15 is 0 Å². The number of rotatable bonds is 3. The summed E-state index contributed by atoms with van der Waals surface area (Å²) in [5, 5.41) is 3.57. The standard InChI is InChI=1S/C16H22BrN3O2/c1-16(2,3)22-15(21)20-8-12-13(9-20)14(12)19-6-10-4-11(17)7-18-5-10/h4-5,7,12-14,19H,6,8-9H2,1-3H3. The summed E-state index contributed by atoms with van der Waals surface area (Å²) >= 11 is 3.43. The largest absolute Gasteiger partial charge is 0.444 e. The first-order valence-corrected chi connectivity index (χ1v) is 8.43. The molecule has 0 radical (unpaired) electrons. The number of piperidine rings is 1. The summed E-state index contributed by atoms with van der Waals surface area (Å²) in [5.41, 5.74) is 0.748. The van der Waals surface area contributed by atoms with Gasteiger partial charge < -0.3 is 15.0 Å². The van der Waals surface area contributed by atoms with Crippen molar-refractivity contribution < 1.29 is 9.53 Å². The van der Waals surface area contributed by atoms with Gasteiger partial charge in [-0.15, -0.1) is 0 Å². The number of nitrogens with zero attached hydrogens (tertiary/aromatic N) is 2. The highest BCUT2D eigenvalue weighted by atomic mass is 79.9. The number of halogens is 1. The summed E-state index contributed by atoms with van der Waals surface area (Å²) in [7, 11) is 0. The van der Waals surface area contributed by atoms with Gasteiger partial charge in [0.1, 0.15) is 5.60 Å². The Bertz CT molecular complexity index is 561. The average Bonchev–Trinajstić information content (AvgIpc) is 2.86. The Hall–Kier alpha value is -1.14. The molecular formula is C16H22BrN3O2. The van der Waals surface area contributed by atoms with Gasteiger partial charge in [0.2, 0.25) is 0 Å². The van der Waals surface area contributed by atoms with Crippen molar-refractivity contribution in [2.75, 3.05) is 13.1 Å². The lowest BCUT2D eigenvalue weighted by Crippen LogP contribution is -2.39. The molecule has 0 spiro atoms. The number of amides is 1. The van der Waals surface area contributed by atoms with Gasteiger partial charge in [-0.2, -0.15) is 0 Å². The van der Waals surface area contributed by atoms with Crippen LogP contribution in [0.1, 0.15) is 26.3 Å². The van der Waals surface area contributed by atoms with E-state index in [9.17, 15) is 4.79 Å². The van der Waals surface area contributed by atoms with Crippen LogP contribution < -0.4 is 5.32 Å². The molecule has 120 valence electrons. The zero-order chi connectivity index (χ0) is 15.9.